The minimum absolute atomic E-state index is 0.137. The zero-order valence-electron chi connectivity index (χ0n) is 9.32. The van der Waals surface area contributed by atoms with Crippen molar-refractivity contribution in [1.29, 1.82) is 0 Å². The molecular formula is C13H17FN2. The lowest BCUT2D eigenvalue weighted by Crippen LogP contribution is -2.43. The van der Waals surface area contributed by atoms with Crippen LogP contribution in [0, 0.1) is 5.82 Å². The maximum absolute atomic E-state index is 13.3. The number of aryl methyl sites for hydroxylation is 1. The van der Waals surface area contributed by atoms with E-state index in [1.165, 1.54) is 18.4 Å². The maximum atomic E-state index is 13.3. The van der Waals surface area contributed by atoms with Crippen LogP contribution in [0.25, 0.3) is 0 Å². The van der Waals surface area contributed by atoms with Crippen molar-refractivity contribution in [2.45, 2.75) is 37.8 Å². The first-order chi connectivity index (χ1) is 7.79. The van der Waals surface area contributed by atoms with Crippen LogP contribution in [0.4, 0.5) is 10.1 Å². The molecule has 1 aromatic carbocycles. The Morgan fingerprint density at radius 1 is 1.31 bits per heavy atom. The number of rotatable bonds is 1. The molecule has 0 spiro atoms. The summed E-state index contributed by atoms with van der Waals surface area (Å²) in [5.41, 5.74) is 8.16. The Hall–Kier alpha value is -1.09. The van der Waals surface area contributed by atoms with Crippen molar-refractivity contribution >= 4 is 5.69 Å². The molecule has 0 amide bonds. The number of halogens is 1. The van der Waals surface area contributed by atoms with Crippen LogP contribution in [-0.4, -0.2) is 18.6 Å². The van der Waals surface area contributed by atoms with Crippen LogP contribution in [0.15, 0.2) is 18.2 Å². The molecule has 1 saturated heterocycles. The lowest BCUT2D eigenvalue weighted by Gasteiger charge is -2.37. The fourth-order valence-corrected chi connectivity index (χ4v) is 3.18. The molecule has 0 radical (unpaired) electrons. The molecule has 3 heteroatoms. The highest BCUT2D eigenvalue weighted by Crippen LogP contribution is 2.39. The SMILES string of the molecule is NCC1CCC2CCc3ccc(F)cc3N12. The second kappa shape index (κ2) is 3.74. The molecule has 2 nitrogen and oxygen atoms in total. The van der Waals surface area contributed by atoms with Crippen molar-refractivity contribution in [2.24, 2.45) is 5.73 Å². The maximum Gasteiger partial charge on any atom is 0.125 e. The van der Waals surface area contributed by atoms with Gasteiger partial charge in [0, 0.05) is 24.3 Å². The van der Waals surface area contributed by atoms with Gasteiger partial charge in [-0.3, -0.25) is 0 Å². The second-order valence-corrected chi connectivity index (χ2v) is 4.84. The summed E-state index contributed by atoms with van der Waals surface area (Å²) >= 11 is 0. The van der Waals surface area contributed by atoms with Crippen LogP contribution in [-0.2, 0) is 6.42 Å². The van der Waals surface area contributed by atoms with Crippen molar-refractivity contribution in [1.82, 2.24) is 0 Å². The Balaban J connectivity index is 2.04. The molecule has 2 aliphatic rings. The third-order valence-electron chi connectivity index (χ3n) is 3.96. The van der Waals surface area contributed by atoms with Crippen LogP contribution < -0.4 is 10.6 Å². The number of hydrogen-bond donors (Lipinski definition) is 1. The molecule has 2 N–H and O–H groups in total. The molecule has 0 saturated carbocycles. The van der Waals surface area contributed by atoms with E-state index in [-0.39, 0.29) is 5.82 Å². The number of benzene rings is 1. The predicted octanol–water partition coefficient (Wildman–Crippen LogP) is 2.07. The van der Waals surface area contributed by atoms with Gasteiger partial charge in [-0.05, 0) is 43.4 Å². The molecule has 2 unspecified atom stereocenters. The molecule has 0 aromatic heterocycles. The summed E-state index contributed by atoms with van der Waals surface area (Å²) in [5, 5.41) is 0. The lowest BCUT2D eigenvalue weighted by molar-refractivity contribution is 0.556. The summed E-state index contributed by atoms with van der Waals surface area (Å²) < 4.78 is 13.3. The van der Waals surface area contributed by atoms with Crippen molar-refractivity contribution in [3.05, 3.63) is 29.6 Å². The summed E-state index contributed by atoms with van der Waals surface area (Å²) in [7, 11) is 0. The van der Waals surface area contributed by atoms with Crippen molar-refractivity contribution in [3.8, 4) is 0 Å². The van der Waals surface area contributed by atoms with E-state index in [2.05, 4.69) is 4.90 Å². The first-order valence-electron chi connectivity index (χ1n) is 6.06. The van der Waals surface area contributed by atoms with Gasteiger partial charge in [-0.25, -0.2) is 4.39 Å². The van der Waals surface area contributed by atoms with E-state index in [0.29, 0.717) is 18.6 Å². The van der Waals surface area contributed by atoms with Gasteiger partial charge in [0.1, 0.15) is 5.82 Å². The molecule has 86 valence electrons. The van der Waals surface area contributed by atoms with Gasteiger partial charge in [-0.1, -0.05) is 6.07 Å². The lowest BCUT2D eigenvalue weighted by atomic mass is 9.96. The van der Waals surface area contributed by atoms with Gasteiger partial charge >= 0.3 is 0 Å². The normalized spacial score (nSPS) is 27.8. The molecule has 2 atom stereocenters. The van der Waals surface area contributed by atoms with Crippen molar-refractivity contribution in [3.63, 3.8) is 0 Å². The fraction of sp³-hybridized carbons (Fsp3) is 0.538. The molecule has 16 heavy (non-hydrogen) atoms. The monoisotopic (exact) mass is 220 g/mol. The number of anilines is 1. The van der Waals surface area contributed by atoms with Crippen LogP contribution in [0.5, 0.6) is 0 Å². The summed E-state index contributed by atoms with van der Waals surface area (Å²) in [4.78, 5) is 2.36. The van der Waals surface area contributed by atoms with Crippen molar-refractivity contribution in [2.75, 3.05) is 11.4 Å². The van der Waals surface area contributed by atoms with E-state index in [9.17, 15) is 4.39 Å². The van der Waals surface area contributed by atoms with Gasteiger partial charge in [0.15, 0.2) is 0 Å². The largest absolute Gasteiger partial charge is 0.364 e. The third kappa shape index (κ3) is 1.42. The van der Waals surface area contributed by atoms with Crippen LogP contribution >= 0.6 is 0 Å². The number of hydrogen-bond acceptors (Lipinski definition) is 2. The molecule has 1 aromatic rings. The molecule has 1 fully saturated rings. The summed E-state index contributed by atoms with van der Waals surface area (Å²) in [6.45, 7) is 0.673. The van der Waals surface area contributed by atoms with E-state index in [4.69, 9.17) is 5.73 Å². The molecule has 3 rings (SSSR count). The number of nitrogens with zero attached hydrogens (tertiary/aromatic N) is 1. The molecule has 0 aliphatic carbocycles. The summed E-state index contributed by atoms with van der Waals surface area (Å²) in [6, 6.07) is 6.16. The zero-order chi connectivity index (χ0) is 11.1. The Kier molecular flexibility index (Phi) is 2.36. The predicted molar refractivity (Wildman–Crippen MR) is 63.1 cm³/mol. The van der Waals surface area contributed by atoms with Crippen LogP contribution in [0.1, 0.15) is 24.8 Å². The highest BCUT2D eigenvalue weighted by molar-refractivity contribution is 5.58. The van der Waals surface area contributed by atoms with Gasteiger partial charge in [-0.15, -0.1) is 0 Å². The van der Waals surface area contributed by atoms with Crippen LogP contribution in [0.2, 0.25) is 0 Å². The van der Waals surface area contributed by atoms with Gasteiger partial charge in [0.25, 0.3) is 0 Å². The summed E-state index contributed by atoms with van der Waals surface area (Å²) in [5.74, 6) is -0.137. The van der Waals surface area contributed by atoms with E-state index in [0.717, 1.165) is 18.5 Å². The van der Waals surface area contributed by atoms with Gasteiger partial charge in [-0.2, -0.15) is 0 Å². The van der Waals surface area contributed by atoms with Gasteiger partial charge in [0.2, 0.25) is 0 Å². The quantitative estimate of drug-likeness (QED) is 0.785. The average molecular weight is 220 g/mol. The number of fused-ring (bicyclic) bond motifs is 3. The topological polar surface area (TPSA) is 29.3 Å². The first kappa shape index (κ1) is 10.1. The average Bonchev–Trinajstić information content (AvgIpc) is 2.72. The minimum Gasteiger partial charge on any atom is -0.364 e. The highest BCUT2D eigenvalue weighted by Gasteiger charge is 2.36. The smallest absolute Gasteiger partial charge is 0.125 e. The molecule has 2 heterocycles. The van der Waals surface area contributed by atoms with Crippen molar-refractivity contribution < 1.29 is 4.39 Å². The summed E-state index contributed by atoms with van der Waals surface area (Å²) in [6.07, 6.45) is 4.62. The molecular weight excluding hydrogens is 203 g/mol. The van der Waals surface area contributed by atoms with E-state index in [1.807, 2.05) is 6.07 Å². The third-order valence-corrected chi connectivity index (χ3v) is 3.96. The Bertz CT molecular complexity index is 405. The standard InChI is InChI=1S/C13H17FN2/c14-10-3-1-9-2-4-11-5-6-12(8-15)16(11)13(9)7-10/h1,3,7,11-12H,2,4-6,8,15H2. The van der Waals surface area contributed by atoms with Gasteiger partial charge < -0.3 is 10.6 Å². The van der Waals surface area contributed by atoms with E-state index in [1.54, 1.807) is 12.1 Å². The van der Waals surface area contributed by atoms with Crippen LogP contribution in [0.3, 0.4) is 0 Å². The second-order valence-electron chi connectivity index (χ2n) is 4.84. The Morgan fingerprint density at radius 2 is 2.19 bits per heavy atom. The van der Waals surface area contributed by atoms with E-state index >= 15 is 0 Å². The Morgan fingerprint density at radius 3 is 3.00 bits per heavy atom. The van der Waals surface area contributed by atoms with E-state index < -0.39 is 0 Å². The van der Waals surface area contributed by atoms with Gasteiger partial charge in [0.05, 0.1) is 0 Å². The zero-order valence-corrected chi connectivity index (χ0v) is 9.32. The molecule has 0 bridgehead atoms. The first-order valence-corrected chi connectivity index (χ1v) is 6.06. The molecule has 2 aliphatic heterocycles. The number of nitrogens with two attached hydrogens (primary N) is 1. The Labute approximate surface area is 95.2 Å². The fourth-order valence-electron chi connectivity index (χ4n) is 3.18. The minimum atomic E-state index is -0.137. The highest BCUT2D eigenvalue weighted by atomic mass is 19.1.